The summed E-state index contributed by atoms with van der Waals surface area (Å²) >= 11 is 0. The van der Waals surface area contributed by atoms with Gasteiger partial charge in [-0.15, -0.1) is 0 Å². The first-order chi connectivity index (χ1) is 50.1. The van der Waals surface area contributed by atoms with Crippen LogP contribution in [0.25, 0.3) is 33.3 Å². The van der Waals surface area contributed by atoms with Crippen LogP contribution in [0.5, 0.6) is 0 Å². The van der Waals surface area contributed by atoms with Crippen molar-refractivity contribution in [2.24, 2.45) is 44.8 Å². The van der Waals surface area contributed by atoms with Crippen LogP contribution in [-0.2, 0) is 57.5 Å². The zero-order valence-electron chi connectivity index (χ0n) is 61.0. The summed E-state index contributed by atoms with van der Waals surface area (Å²) in [5.74, 6) is -14.4. The van der Waals surface area contributed by atoms with Crippen molar-refractivity contribution < 1.29 is 77.3 Å². The van der Waals surface area contributed by atoms with Gasteiger partial charge >= 0.3 is 23.9 Å². The number of nitrogens with one attached hydrogen (secondary N) is 10. The van der Waals surface area contributed by atoms with E-state index in [0.717, 1.165) is 28.0 Å². The maximum Gasteiger partial charge on any atom is 0.349 e. The molecule has 0 unspecified atom stereocenters. The third-order valence-corrected chi connectivity index (χ3v) is 18.8. The lowest BCUT2D eigenvalue weighted by Gasteiger charge is -2.28. The molecule has 0 radical (unpaired) electrons. The number of rotatable bonds is 35. The van der Waals surface area contributed by atoms with Gasteiger partial charge in [0.25, 0.3) is 0 Å². The van der Waals surface area contributed by atoms with Gasteiger partial charge in [0.15, 0.2) is 11.9 Å². The molecule has 2 aromatic heterocycles. The highest BCUT2D eigenvalue weighted by Gasteiger charge is 2.41. The van der Waals surface area contributed by atoms with Crippen molar-refractivity contribution in [1.29, 1.82) is 0 Å². The Morgan fingerprint density at radius 1 is 0.689 bits per heavy atom. The molecular formula is C71H97N19O16. The number of likely N-dealkylation sites (tertiary alicyclic amines) is 1. The van der Waals surface area contributed by atoms with Crippen molar-refractivity contribution >= 4 is 122 Å². The van der Waals surface area contributed by atoms with Crippen LogP contribution in [0.15, 0.2) is 40.8 Å². The summed E-state index contributed by atoms with van der Waals surface area (Å²) in [6, 6.07) is -2.48. The number of nitrogens with zero attached hydrogens (tertiary/aromatic N) is 5. The average molecular weight is 1470 g/mol. The van der Waals surface area contributed by atoms with E-state index in [1.807, 2.05) is 65.1 Å². The van der Waals surface area contributed by atoms with Gasteiger partial charge < -0.3 is 95.3 Å². The first kappa shape index (κ1) is 81.7. The number of aliphatic imine (C=N–C) groups is 2. The van der Waals surface area contributed by atoms with Crippen molar-refractivity contribution in [3.63, 3.8) is 0 Å². The molecule has 572 valence electrons. The predicted octanol–water partition coefficient (Wildman–Crippen LogP) is 0.913. The topological polar surface area (TPSA) is 557 Å². The number of carboxylic acids is 2. The molecule has 0 aromatic carbocycles. The van der Waals surface area contributed by atoms with Crippen molar-refractivity contribution in [3.05, 3.63) is 81.7 Å². The van der Waals surface area contributed by atoms with Gasteiger partial charge in [-0.3, -0.25) is 62.7 Å². The Labute approximate surface area is 611 Å². The molecule has 0 aliphatic carbocycles. The number of carbonyl (C=O) groups is 13. The molecule has 0 saturated carbocycles. The van der Waals surface area contributed by atoms with Crippen molar-refractivity contribution in [2.45, 2.75) is 181 Å². The van der Waals surface area contributed by atoms with E-state index >= 15 is 0 Å². The molecule has 35 heteroatoms. The highest BCUT2D eigenvalue weighted by atomic mass is 16.6. The number of aromatic amines is 2. The third-order valence-electron chi connectivity index (χ3n) is 18.8. The van der Waals surface area contributed by atoms with Crippen LogP contribution >= 0.6 is 0 Å². The third kappa shape index (κ3) is 20.9. The van der Waals surface area contributed by atoms with E-state index in [4.69, 9.17) is 42.7 Å². The van der Waals surface area contributed by atoms with Gasteiger partial charge in [-0.2, -0.15) is 0 Å². The minimum atomic E-state index is -1.78. The van der Waals surface area contributed by atoms with E-state index in [1.54, 1.807) is 26.8 Å². The van der Waals surface area contributed by atoms with E-state index in [1.165, 1.54) is 4.90 Å². The Hall–Kier alpha value is -11.5. The van der Waals surface area contributed by atoms with Crippen molar-refractivity contribution in [1.82, 2.24) is 67.4 Å². The summed E-state index contributed by atoms with van der Waals surface area (Å²) < 4.78 is 5.48. The van der Waals surface area contributed by atoms with Crippen LogP contribution in [0.4, 0.5) is 0 Å². The second kappa shape index (κ2) is 36.7. The van der Waals surface area contributed by atoms with E-state index in [0.29, 0.717) is 52.4 Å². The number of cyclic esters (lactones) is 2. The van der Waals surface area contributed by atoms with E-state index in [2.05, 4.69) is 63.7 Å². The number of fused-ring (bicyclic) bond motifs is 8. The summed E-state index contributed by atoms with van der Waals surface area (Å²) in [5, 5.41) is 37.9. The monoisotopic (exact) mass is 1470 g/mol. The molecule has 8 bridgehead atoms. The SMILES string of the molecule is C=CC1=C(C)c2cc3[nH]c(c4c5[nH]c(cc6nc(cc1n2)C(C)=C6CC)c(C)c5C(=O)OC4=O)[C@@H](CCC(=O)N1CCC[C@H]1C(=O)N[C@@H](CC(C)C)C(=O)NCC(=O)N[C@H](C(=O)N[C@@H](CCCN=C(N)N)C(=O)NCC(=O)N[C@@H](CCCN=C(N)N)C(=O)N[C@@H](CC(=O)O)C(=O)NCC(=O)O)C(C)C)[C@@H]3C. The fraction of sp³-hybridized carbons (Fsp3) is 0.507. The Morgan fingerprint density at radius 3 is 1.86 bits per heavy atom. The number of ether oxygens (including phenoxy) is 1. The highest BCUT2D eigenvalue weighted by molar-refractivity contribution is 6.18. The van der Waals surface area contributed by atoms with Gasteiger partial charge in [0.2, 0.25) is 53.2 Å². The molecule has 106 heavy (non-hydrogen) atoms. The summed E-state index contributed by atoms with van der Waals surface area (Å²) in [7, 11) is 0. The second-order valence-electron chi connectivity index (χ2n) is 27.3. The maximum absolute atomic E-state index is 14.6. The number of carbonyl (C=O) groups excluding carboxylic acids is 11. The normalized spacial score (nSPS) is 17.0. The van der Waals surface area contributed by atoms with Crippen LogP contribution in [0.3, 0.4) is 0 Å². The number of guanidine groups is 2. The average Bonchev–Trinajstić information content (AvgIpc) is 1.58. The molecule has 35 nitrogen and oxygen atoms in total. The largest absolute Gasteiger partial charge is 0.481 e. The maximum atomic E-state index is 14.6. The van der Waals surface area contributed by atoms with Crippen LogP contribution in [-0.4, -0.2) is 200 Å². The molecule has 5 aliphatic heterocycles. The number of hydrogen-bond donors (Lipinski definition) is 16. The zero-order chi connectivity index (χ0) is 78.1. The molecule has 7 rings (SSSR count). The van der Waals surface area contributed by atoms with E-state index in [-0.39, 0.29) is 117 Å². The van der Waals surface area contributed by atoms with Crippen molar-refractivity contribution in [3.8, 4) is 0 Å². The van der Waals surface area contributed by atoms with Gasteiger partial charge in [-0.25, -0.2) is 19.6 Å². The summed E-state index contributed by atoms with van der Waals surface area (Å²) in [6.07, 6.45) is 2.23. The number of aliphatic carboxylic acids is 2. The number of carboxylic acid groups (broad SMARTS) is 2. The molecule has 2 aromatic rings. The number of aryl methyl sites for hydroxylation is 1. The lowest BCUT2D eigenvalue weighted by molar-refractivity contribution is -0.141. The molecule has 8 atom stereocenters. The number of H-pyrrole nitrogens is 2. The van der Waals surface area contributed by atoms with Crippen LogP contribution < -0.4 is 65.5 Å². The zero-order valence-corrected chi connectivity index (χ0v) is 61.0. The number of nitrogens with two attached hydrogens (primary N) is 4. The Kier molecular flexibility index (Phi) is 28.3. The highest BCUT2D eigenvalue weighted by Crippen LogP contribution is 2.45. The number of esters is 2. The summed E-state index contributed by atoms with van der Waals surface area (Å²) in [6.45, 7) is 18.5. The van der Waals surface area contributed by atoms with Gasteiger partial charge in [0.1, 0.15) is 48.4 Å². The molecule has 5 aliphatic rings. The Morgan fingerprint density at radius 2 is 1.26 bits per heavy atom. The minimum absolute atomic E-state index is 0.00126. The molecule has 1 fully saturated rings. The number of amides is 9. The van der Waals surface area contributed by atoms with Crippen molar-refractivity contribution in [2.75, 3.05) is 39.3 Å². The van der Waals surface area contributed by atoms with Crippen LogP contribution in [0.1, 0.15) is 198 Å². The number of allylic oxidation sites excluding steroid dienone is 5. The molecular weight excluding hydrogens is 1370 g/mol. The second-order valence-corrected chi connectivity index (χ2v) is 27.3. The standard InChI is InChI=1S/C71H97N19O16/c1-11-38-34(7)43-25-45-36(9)40(60(84-45)58-61-57(68(104)106-69(58)105)37(10)46(85-61)27-48-39(12-2)35(8)44(82-48)26-47(38)81-43)19-20-54(93)90-23-15-18-51(90)66(102)88-49(24-32(3)4)63(99)79-30-53(92)89-59(33(5)6)67(103)86-41(16-13-21-76-70(72)73)62(98)78-29-52(91)83-42(17-14-22-77-71(74)75)65(101)87-50(28-55(94)95)64(100)80-31-56(96)97/h11,25-27,32-33,36,40-42,49-51,59,84-85H,1,12-24,28-31H2,2-10H3,(H,78,98)(H,79,99)(H,80,100)(H,83,91)(H,86,103)(H,87,101)(H,88,102)(H,89,92)(H,94,95)(H,96,97)(H4,72,73,76)(H4,74,75,77)/t36-,40-,41-,42-,49-,50-,51-,59-/m0/s1. The first-order valence-electron chi connectivity index (χ1n) is 35.2. The fourth-order valence-corrected chi connectivity index (χ4v) is 13.3. The number of hydrogen-bond acceptors (Lipinski definition) is 18. The number of aromatic nitrogens is 4. The fourth-order valence-electron chi connectivity index (χ4n) is 13.3. The molecule has 20 N–H and O–H groups in total. The smallest absolute Gasteiger partial charge is 0.349 e. The Balaban J connectivity index is 1.02. The summed E-state index contributed by atoms with van der Waals surface area (Å²) in [5.41, 5.74) is 31.0. The minimum Gasteiger partial charge on any atom is -0.481 e. The molecule has 9 amide bonds. The van der Waals surface area contributed by atoms with Crippen LogP contribution in [0, 0.1) is 18.8 Å². The Bertz CT molecular complexity index is 4180. The van der Waals surface area contributed by atoms with Gasteiger partial charge in [-0.1, -0.05) is 54.2 Å². The van der Waals surface area contributed by atoms with E-state index in [9.17, 15) is 67.4 Å². The molecule has 1 saturated heterocycles. The lowest BCUT2D eigenvalue weighted by Crippen LogP contribution is -2.58. The summed E-state index contributed by atoms with van der Waals surface area (Å²) in [4.78, 5) is 201. The molecule has 7 heterocycles. The first-order valence-corrected chi connectivity index (χ1v) is 35.2. The van der Waals surface area contributed by atoms with Gasteiger partial charge in [0.05, 0.1) is 53.4 Å². The van der Waals surface area contributed by atoms with Crippen LogP contribution in [0.2, 0.25) is 0 Å². The molecule has 0 spiro atoms. The van der Waals surface area contributed by atoms with Gasteiger partial charge in [-0.05, 0) is 131 Å². The predicted molar refractivity (Wildman–Crippen MR) is 390 cm³/mol. The van der Waals surface area contributed by atoms with Gasteiger partial charge in [0, 0.05) is 60.4 Å². The quantitative estimate of drug-likeness (QED) is 0.0150. The lowest BCUT2D eigenvalue weighted by atomic mass is 9.85. The van der Waals surface area contributed by atoms with E-state index < -0.39 is 145 Å².